The molecule has 1 aliphatic heterocycles. The van der Waals surface area contributed by atoms with Gasteiger partial charge in [-0.2, -0.15) is 0 Å². The van der Waals surface area contributed by atoms with Crippen molar-refractivity contribution in [2.45, 2.75) is 25.9 Å². The molecule has 2 N–H and O–H groups in total. The van der Waals surface area contributed by atoms with E-state index in [0.717, 1.165) is 18.5 Å². The second-order valence-electron chi connectivity index (χ2n) is 8.40. The van der Waals surface area contributed by atoms with Crippen LogP contribution in [0.3, 0.4) is 0 Å². The van der Waals surface area contributed by atoms with Gasteiger partial charge in [0.2, 0.25) is 11.8 Å². The maximum atomic E-state index is 12.5. The lowest BCUT2D eigenvalue weighted by Crippen LogP contribution is -2.33. The minimum Gasteiger partial charge on any atom is -0.484 e. The molecule has 182 valence electrons. The van der Waals surface area contributed by atoms with Crippen molar-refractivity contribution >= 4 is 23.4 Å². The van der Waals surface area contributed by atoms with E-state index in [-0.39, 0.29) is 36.7 Å². The number of carbonyl (C=O) groups excluding carboxylic acids is 3. The van der Waals surface area contributed by atoms with Gasteiger partial charge in [0, 0.05) is 50.7 Å². The van der Waals surface area contributed by atoms with E-state index in [1.165, 1.54) is 0 Å². The quantitative estimate of drug-likeness (QED) is 0.414. The molecule has 3 amide bonds. The first kappa shape index (κ1) is 24.0. The highest BCUT2D eigenvalue weighted by Crippen LogP contribution is 2.27. The van der Waals surface area contributed by atoms with Crippen LogP contribution in [-0.4, -0.2) is 47.0 Å². The van der Waals surface area contributed by atoms with Gasteiger partial charge < -0.3 is 24.8 Å². The van der Waals surface area contributed by atoms with E-state index in [4.69, 9.17) is 4.74 Å². The van der Waals surface area contributed by atoms with E-state index in [2.05, 4.69) is 15.6 Å². The Morgan fingerprint density at radius 1 is 1.06 bits per heavy atom. The molecular weight excluding hydrogens is 446 g/mol. The Bertz CT molecular complexity index is 1120. The summed E-state index contributed by atoms with van der Waals surface area (Å²) in [6.45, 7) is 2.01. The van der Waals surface area contributed by atoms with Crippen LogP contribution in [0.2, 0.25) is 0 Å². The zero-order chi connectivity index (χ0) is 24.5. The minimum atomic E-state index is -0.375. The Morgan fingerprint density at radius 2 is 1.86 bits per heavy atom. The number of rotatable bonds is 11. The molecule has 9 nitrogen and oxygen atoms in total. The van der Waals surface area contributed by atoms with Crippen LogP contribution < -0.4 is 20.3 Å². The Kier molecular flexibility index (Phi) is 8.11. The van der Waals surface area contributed by atoms with Crippen molar-refractivity contribution in [1.82, 2.24) is 20.2 Å². The largest absolute Gasteiger partial charge is 0.484 e. The monoisotopic (exact) mass is 475 g/mol. The van der Waals surface area contributed by atoms with Gasteiger partial charge in [-0.15, -0.1) is 0 Å². The number of nitrogens with one attached hydrogen (secondary N) is 2. The van der Waals surface area contributed by atoms with Gasteiger partial charge in [0.15, 0.2) is 6.61 Å². The lowest BCUT2D eigenvalue weighted by atomic mass is 10.1. The van der Waals surface area contributed by atoms with Gasteiger partial charge >= 0.3 is 0 Å². The molecule has 2 heterocycles. The molecule has 0 unspecified atom stereocenters. The summed E-state index contributed by atoms with van der Waals surface area (Å²) in [5, 5.41) is 5.74. The summed E-state index contributed by atoms with van der Waals surface area (Å²) < 4.78 is 7.51. The normalized spacial score (nSPS) is 15.1. The molecule has 3 aromatic rings. The molecule has 0 aliphatic carbocycles. The number of benzene rings is 2. The number of aryl methyl sites for hydroxylation is 1. The van der Waals surface area contributed by atoms with E-state index < -0.39 is 0 Å². The zero-order valence-corrected chi connectivity index (χ0v) is 19.4. The van der Waals surface area contributed by atoms with Gasteiger partial charge in [-0.1, -0.05) is 30.3 Å². The fourth-order valence-electron chi connectivity index (χ4n) is 3.89. The lowest BCUT2D eigenvalue weighted by Gasteiger charge is -2.17. The first-order valence-electron chi connectivity index (χ1n) is 11.7. The maximum Gasteiger partial charge on any atom is 0.258 e. The van der Waals surface area contributed by atoms with Crippen LogP contribution in [0.25, 0.3) is 0 Å². The van der Waals surface area contributed by atoms with Gasteiger partial charge in [0.1, 0.15) is 5.75 Å². The SMILES string of the molecule is O=C(COc1ccc(N2C[C@@H](C(=O)NCCCn3ccnc3)CC2=O)cc1)NCc1ccccc1. The van der Waals surface area contributed by atoms with Crippen molar-refractivity contribution in [3.63, 3.8) is 0 Å². The number of imidazole rings is 1. The Labute approximate surface area is 204 Å². The number of hydrogen-bond acceptors (Lipinski definition) is 5. The van der Waals surface area contributed by atoms with Crippen molar-refractivity contribution in [1.29, 1.82) is 0 Å². The van der Waals surface area contributed by atoms with Crippen LogP contribution in [0.5, 0.6) is 5.75 Å². The Morgan fingerprint density at radius 3 is 2.60 bits per heavy atom. The first-order valence-corrected chi connectivity index (χ1v) is 11.7. The highest BCUT2D eigenvalue weighted by atomic mass is 16.5. The molecule has 1 aliphatic rings. The van der Waals surface area contributed by atoms with Crippen molar-refractivity contribution < 1.29 is 19.1 Å². The van der Waals surface area contributed by atoms with Crippen molar-refractivity contribution in [3.05, 3.63) is 78.9 Å². The van der Waals surface area contributed by atoms with Crippen LogP contribution in [0, 0.1) is 5.92 Å². The second-order valence-corrected chi connectivity index (χ2v) is 8.40. The first-order chi connectivity index (χ1) is 17.1. The summed E-state index contributed by atoms with van der Waals surface area (Å²) in [4.78, 5) is 42.7. The van der Waals surface area contributed by atoms with E-state index >= 15 is 0 Å². The molecule has 0 saturated carbocycles. The Balaban J connectivity index is 1.19. The molecule has 4 rings (SSSR count). The average molecular weight is 476 g/mol. The van der Waals surface area contributed by atoms with Crippen molar-refractivity contribution in [2.24, 2.45) is 5.92 Å². The predicted octanol–water partition coefficient (Wildman–Crippen LogP) is 2.14. The number of aromatic nitrogens is 2. The third-order valence-electron chi connectivity index (χ3n) is 5.80. The Hall–Kier alpha value is -4.14. The third-order valence-corrected chi connectivity index (χ3v) is 5.80. The minimum absolute atomic E-state index is 0.0856. The summed E-state index contributed by atoms with van der Waals surface area (Å²) in [5.41, 5.74) is 1.72. The molecule has 0 radical (unpaired) electrons. The van der Waals surface area contributed by atoms with Crippen LogP contribution in [0.4, 0.5) is 5.69 Å². The van der Waals surface area contributed by atoms with Crippen LogP contribution >= 0.6 is 0 Å². The maximum absolute atomic E-state index is 12.5. The van der Waals surface area contributed by atoms with Gasteiger partial charge in [-0.3, -0.25) is 14.4 Å². The van der Waals surface area contributed by atoms with Crippen molar-refractivity contribution in [3.8, 4) is 5.75 Å². The standard InChI is InChI=1S/C26H29N5O4/c32-24(29-16-20-5-2-1-3-6-20)18-35-23-9-7-22(8-10-23)31-17-21(15-25(31)33)26(34)28-11-4-13-30-14-12-27-19-30/h1-3,5-10,12,14,19,21H,4,11,13,15-18H2,(H,28,34)(H,29,32)/t21-/m0/s1. The highest BCUT2D eigenvalue weighted by molar-refractivity contribution is 6.00. The van der Waals surface area contributed by atoms with Crippen LogP contribution in [0.1, 0.15) is 18.4 Å². The van der Waals surface area contributed by atoms with Gasteiger partial charge in [-0.25, -0.2) is 4.98 Å². The van der Waals surface area contributed by atoms with E-state index in [1.807, 2.05) is 41.1 Å². The smallest absolute Gasteiger partial charge is 0.258 e. The van der Waals surface area contributed by atoms with Gasteiger partial charge in [0.25, 0.3) is 5.91 Å². The fraction of sp³-hybridized carbons (Fsp3) is 0.308. The number of hydrogen-bond donors (Lipinski definition) is 2. The second kappa shape index (κ2) is 11.8. The summed E-state index contributed by atoms with van der Waals surface area (Å²) in [6, 6.07) is 16.6. The molecule has 35 heavy (non-hydrogen) atoms. The molecule has 0 bridgehead atoms. The highest BCUT2D eigenvalue weighted by Gasteiger charge is 2.34. The zero-order valence-electron chi connectivity index (χ0n) is 19.4. The third kappa shape index (κ3) is 6.92. The molecule has 2 aromatic carbocycles. The van der Waals surface area contributed by atoms with E-state index in [1.54, 1.807) is 41.7 Å². The number of amides is 3. The number of ether oxygens (including phenoxy) is 1. The van der Waals surface area contributed by atoms with Gasteiger partial charge in [-0.05, 0) is 36.2 Å². The van der Waals surface area contributed by atoms with E-state index in [9.17, 15) is 14.4 Å². The number of carbonyl (C=O) groups is 3. The van der Waals surface area contributed by atoms with Crippen LogP contribution in [0.15, 0.2) is 73.3 Å². The predicted molar refractivity (Wildman–Crippen MR) is 131 cm³/mol. The molecule has 0 spiro atoms. The summed E-state index contributed by atoms with van der Waals surface area (Å²) in [7, 11) is 0. The average Bonchev–Trinajstić information content (AvgIpc) is 3.55. The summed E-state index contributed by atoms with van der Waals surface area (Å²) >= 11 is 0. The topological polar surface area (TPSA) is 106 Å². The molecule has 1 atom stereocenters. The number of nitrogens with zero attached hydrogens (tertiary/aromatic N) is 3. The molecule has 1 saturated heterocycles. The van der Waals surface area contributed by atoms with Crippen LogP contribution in [-0.2, 0) is 27.5 Å². The molecular formula is C26H29N5O4. The molecule has 9 heteroatoms. The van der Waals surface area contributed by atoms with Gasteiger partial charge in [0.05, 0.1) is 12.2 Å². The van der Waals surface area contributed by atoms with E-state index in [0.29, 0.717) is 31.1 Å². The summed E-state index contributed by atoms with van der Waals surface area (Å²) in [6.07, 6.45) is 6.32. The fourth-order valence-corrected chi connectivity index (χ4v) is 3.89. The molecule has 1 fully saturated rings. The number of anilines is 1. The summed E-state index contributed by atoms with van der Waals surface area (Å²) in [5.74, 6) is -0.251. The van der Waals surface area contributed by atoms with Crippen molar-refractivity contribution in [2.75, 3.05) is 24.6 Å². The molecule has 1 aromatic heterocycles. The lowest BCUT2D eigenvalue weighted by molar-refractivity contribution is -0.126.